The fourth-order valence-electron chi connectivity index (χ4n) is 5.75. The summed E-state index contributed by atoms with van der Waals surface area (Å²) < 4.78 is 1.69. The van der Waals surface area contributed by atoms with Crippen molar-refractivity contribution in [1.82, 2.24) is 24.6 Å². The summed E-state index contributed by atoms with van der Waals surface area (Å²) in [7, 11) is 1.84. The van der Waals surface area contributed by atoms with Gasteiger partial charge in [-0.3, -0.25) is 24.2 Å². The lowest BCUT2D eigenvalue weighted by atomic mass is 10.1. The normalized spacial score (nSPS) is 20.6. The number of para-hydroxylation sites is 1. The first-order chi connectivity index (χ1) is 17.4. The zero-order valence-corrected chi connectivity index (χ0v) is 21.3. The second-order valence-electron chi connectivity index (χ2n) is 9.95. The molecule has 1 saturated heterocycles. The van der Waals surface area contributed by atoms with Crippen LogP contribution in [0.1, 0.15) is 53.5 Å². The van der Waals surface area contributed by atoms with E-state index in [-0.39, 0.29) is 17.9 Å². The number of nitrogens with zero attached hydrogens (tertiary/aromatic N) is 6. The number of fused-ring (bicyclic) bond motifs is 3. The highest BCUT2D eigenvalue weighted by atomic mass is 16.2. The number of rotatable bonds is 3. The van der Waals surface area contributed by atoms with Crippen molar-refractivity contribution in [2.24, 2.45) is 7.05 Å². The van der Waals surface area contributed by atoms with Gasteiger partial charge in [0.05, 0.1) is 17.0 Å². The molecule has 36 heavy (non-hydrogen) atoms. The number of carbonyl (C=O) groups excluding carboxylic acids is 2. The topological polar surface area (TPSA) is 74.6 Å². The molecule has 2 amide bonds. The van der Waals surface area contributed by atoms with E-state index in [0.29, 0.717) is 31.2 Å². The van der Waals surface area contributed by atoms with Crippen LogP contribution in [0, 0.1) is 6.92 Å². The molecule has 2 bridgehead atoms. The quantitative estimate of drug-likeness (QED) is 0.566. The summed E-state index contributed by atoms with van der Waals surface area (Å²) in [5.41, 5.74) is 4.25. The SMILES string of the molecule is CC(=O)N1CC[C@@H]2CC[C@H](CN(C(=O)c3cn(C)nc3C)Cc3ccccc31)N2Cc1ccccn1. The van der Waals surface area contributed by atoms with Crippen LogP contribution in [0.15, 0.2) is 54.9 Å². The number of benzene rings is 1. The summed E-state index contributed by atoms with van der Waals surface area (Å²) in [6.45, 7) is 5.94. The molecule has 0 aliphatic carbocycles. The summed E-state index contributed by atoms with van der Waals surface area (Å²) in [6.07, 6.45) is 6.57. The van der Waals surface area contributed by atoms with Crippen LogP contribution in [0.3, 0.4) is 0 Å². The summed E-state index contributed by atoms with van der Waals surface area (Å²) in [5.74, 6) is -0.00115. The molecule has 0 saturated carbocycles. The van der Waals surface area contributed by atoms with Gasteiger partial charge >= 0.3 is 0 Å². The standard InChI is InChI=1S/C28H34N6O2/c1-20-26(19-31(3)30-20)28(36)32-16-22-8-4-5-10-27(22)33(21(2)35)15-13-24-11-12-25(18-32)34(24)17-23-9-6-7-14-29-23/h4-10,14,19,24-25H,11-13,15-18H2,1-3H3/t24-,25+/m0/s1. The molecular formula is C28H34N6O2. The van der Waals surface area contributed by atoms with Crippen molar-refractivity contribution in [2.45, 2.75) is 58.3 Å². The van der Waals surface area contributed by atoms with Gasteiger partial charge in [-0.25, -0.2) is 0 Å². The van der Waals surface area contributed by atoms with Gasteiger partial charge in [-0.2, -0.15) is 5.10 Å². The van der Waals surface area contributed by atoms with Crippen molar-refractivity contribution in [3.8, 4) is 0 Å². The zero-order valence-electron chi connectivity index (χ0n) is 21.3. The number of hydrogen-bond donors (Lipinski definition) is 0. The minimum Gasteiger partial charge on any atom is -0.333 e. The van der Waals surface area contributed by atoms with Crippen LogP contribution in [-0.4, -0.2) is 61.6 Å². The van der Waals surface area contributed by atoms with E-state index in [1.165, 1.54) is 0 Å². The molecule has 8 heteroatoms. The molecular weight excluding hydrogens is 452 g/mol. The molecule has 0 N–H and O–H groups in total. The van der Waals surface area contributed by atoms with Crippen LogP contribution in [0.2, 0.25) is 0 Å². The Morgan fingerprint density at radius 2 is 1.81 bits per heavy atom. The summed E-state index contributed by atoms with van der Waals surface area (Å²) in [6, 6.07) is 14.5. The predicted octanol–water partition coefficient (Wildman–Crippen LogP) is 3.56. The number of aryl methyl sites for hydroxylation is 2. The second kappa shape index (κ2) is 10.2. The number of aromatic nitrogens is 3. The Kier molecular flexibility index (Phi) is 6.87. The zero-order chi connectivity index (χ0) is 25.2. The molecule has 4 heterocycles. The summed E-state index contributed by atoms with van der Waals surface area (Å²) in [4.78, 5) is 37.6. The van der Waals surface area contributed by atoms with Gasteiger partial charge in [-0.05, 0) is 49.9 Å². The third-order valence-corrected chi connectivity index (χ3v) is 7.51. The van der Waals surface area contributed by atoms with Crippen molar-refractivity contribution in [3.05, 3.63) is 77.4 Å². The average molecular weight is 487 g/mol. The maximum absolute atomic E-state index is 13.9. The molecule has 188 valence electrons. The molecule has 0 spiro atoms. The van der Waals surface area contributed by atoms with Crippen molar-refractivity contribution in [2.75, 3.05) is 18.0 Å². The summed E-state index contributed by atoms with van der Waals surface area (Å²) >= 11 is 0. The molecule has 2 aliphatic rings. The Morgan fingerprint density at radius 1 is 1.03 bits per heavy atom. The van der Waals surface area contributed by atoms with Gasteiger partial charge in [-0.1, -0.05) is 24.3 Å². The van der Waals surface area contributed by atoms with E-state index in [1.807, 2.05) is 66.4 Å². The third kappa shape index (κ3) is 4.91. The van der Waals surface area contributed by atoms with Crippen molar-refractivity contribution in [1.29, 1.82) is 0 Å². The minimum atomic E-state index is -0.0229. The molecule has 0 unspecified atom stereocenters. The van der Waals surface area contributed by atoms with Gasteiger partial charge in [0.2, 0.25) is 5.91 Å². The van der Waals surface area contributed by atoms with E-state index in [0.717, 1.165) is 48.4 Å². The maximum atomic E-state index is 13.9. The van der Waals surface area contributed by atoms with Crippen LogP contribution >= 0.6 is 0 Å². The Hall–Kier alpha value is -3.52. The van der Waals surface area contributed by atoms with E-state index in [4.69, 9.17) is 0 Å². The molecule has 2 aromatic heterocycles. The summed E-state index contributed by atoms with van der Waals surface area (Å²) in [5, 5.41) is 4.41. The lowest BCUT2D eigenvalue weighted by Crippen LogP contribution is -2.45. The third-order valence-electron chi connectivity index (χ3n) is 7.51. The first-order valence-corrected chi connectivity index (χ1v) is 12.7. The second-order valence-corrected chi connectivity index (χ2v) is 9.95. The van der Waals surface area contributed by atoms with Gasteiger partial charge in [0.25, 0.3) is 5.91 Å². The monoisotopic (exact) mass is 486 g/mol. The van der Waals surface area contributed by atoms with Gasteiger partial charge in [-0.15, -0.1) is 0 Å². The Balaban J connectivity index is 1.55. The van der Waals surface area contributed by atoms with E-state index >= 15 is 0 Å². The number of amides is 2. The molecule has 1 aromatic carbocycles. The lowest BCUT2D eigenvalue weighted by molar-refractivity contribution is -0.116. The number of pyridine rings is 1. The lowest BCUT2D eigenvalue weighted by Gasteiger charge is -2.33. The first-order valence-electron chi connectivity index (χ1n) is 12.7. The molecule has 1 fully saturated rings. The number of carbonyl (C=O) groups is 2. The van der Waals surface area contributed by atoms with Crippen LogP contribution in [-0.2, 0) is 24.9 Å². The molecule has 0 radical (unpaired) electrons. The highest BCUT2D eigenvalue weighted by molar-refractivity contribution is 5.95. The maximum Gasteiger partial charge on any atom is 0.257 e. The van der Waals surface area contributed by atoms with Gasteiger partial charge in [0.1, 0.15) is 0 Å². The van der Waals surface area contributed by atoms with E-state index in [9.17, 15) is 9.59 Å². The largest absolute Gasteiger partial charge is 0.333 e. The highest BCUT2D eigenvalue weighted by Crippen LogP contribution is 2.33. The molecule has 8 nitrogen and oxygen atoms in total. The fourth-order valence-corrected chi connectivity index (χ4v) is 5.75. The fraction of sp³-hybridized carbons (Fsp3) is 0.429. The van der Waals surface area contributed by atoms with Gasteiger partial charge in [0.15, 0.2) is 0 Å². The van der Waals surface area contributed by atoms with Crippen LogP contribution in [0.4, 0.5) is 5.69 Å². The predicted molar refractivity (Wildman–Crippen MR) is 138 cm³/mol. The van der Waals surface area contributed by atoms with E-state index < -0.39 is 0 Å². The smallest absolute Gasteiger partial charge is 0.257 e. The van der Waals surface area contributed by atoms with Gasteiger partial charge < -0.3 is 9.80 Å². The van der Waals surface area contributed by atoms with Crippen LogP contribution in [0.25, 0.3) is 0 Å². The molecule has 2 atom stereocenters. The Labute approximate surface area is 212 Å². The number of hydrogen-bond acceptors (Lipinski definition) is 5. The van der Waals surface area contributed by atoms with E-state index in [1.54, 1.807) is 17.8 Å². The molecule has 3 aromatic rings. The van der Waals surface area contributed by atoms with E-state index in [2.05, 4.69) is 21.0 Å². The highest BCUT2D eigenvalue weighted by Gasteiger charge is 2.37. The van der Waals surface area contributed by atoms with Crippen LogP contribution < -0.4 is 4.90 Å². The number of anilines is 1. The average Bonchev–Trinajstić information content (AvgIpc) is 3.39. The van der Waals surface area contributed by atoms with Crippen LogP contribution in [0.5, 0.6) is 0 Å². The van der Waals surface area contributed by atoms with Gasteiger partial charge in [0, 0.05) is 70.3 Å². The Morgan fingerprint density at radius 3 is 2.53 bits per heavy atom. The first kappa shape index (κ1) is 24.2. The molecule has 5 rings (SSSR count). The molecule has 2 aliphatic heterocycles. The van der Waals surface area contributed by atoms with Crippen molar-refractivity contribution >= 4 is 17.5 Å². The minimum absolute atomic E-state index is 0.0218. The Bertz CT molecular complexity index is 1240. The van der Waals surface area contributed by atoms with Crippen molar-refractivity contribution in [3.63, 3.8) is 0 Å². The van der Waals surface area contributed by atoms with Crippen molar-refractivity contribution < 1.29 is 9.59 Å².